The van der Waals surface area contributed by atoms with E-state index >= 15 is 0 Å². The maximum atomic E-state index is 11.4. The van der Waals surface area contributed by atoms with E-state index in [1.54, 1.807) is 0 Å². The minimum Gasteiger partial charge on any atom is -0.466 e. The van der Waals surface area contributed by atoms with Crippen LogP contribution in [-0.4, -0.2) is 25.2 Å². The fraction of sp³-hybridized carbons (Fsp3) is 0.909. The lowest BCUT2D eigenvalue weighted by Crippen LogP contribution is -2.24. The summed E-state index contributed by atoms with van der Waals surface area (Å²) in [5.74, 6) is 1.03. The molecule has 0 amide bonds. The van der Waals surface area contributed by atoms with Gasteiger partial charge in [-0.05, 0) is 50.4 Å². The zero-order valence-electron chi connectivity index (χ0n) is 18.2. The van der Waals surface area contributed by atoms with Gasteiger partial charge in [-0.1, -0.05) is 53.9 Å². The van der Waals surface area contributed by atoms with Crippen molar-refractivity contribution in [2.75, 3.05) is 13.2 Å². The highest BCUT2D eigenvalue weighted by Gasteiger charge is 2.26. The van der Waals surface area contributed by atoms with Crippen LogP contribution < -0.4 is 0 Å². The molecule has 4 heteroatoms. The first kappa shape index (κ1) is 24.9. The molecule has 1 fully saturated rings. The number of hydrogen-bond acceptors (Lipinski definition) is 4. The SMILES string of the molecule is CCOC(=O)C(C)C1CCCCC1.CCOC(=O)CC(C)CC(C)(C)C. The first-order chi connectivity index (χ1) is 12.1. The monoisotopic (exact) mass is 370 g/mol. The molecular formula is C22H42O4. The van der Waals surface area contributed by atoms with E-state index in [1.165, 1.54) is 32.1 Å². The second-order valence-electron chi connectivity index (χ2n) is 8.82. The minimum atomic E-state index is -0.0701. The van der Waals surface area contributed by atoms with E-state index in [2.05, 4.69) is 27.7 Å². The predicted octanol–water partition coefficient (Wildman–Crippen LogP) is 5.78. The summed E-state index contributed by atoms with van der Waals surface area (Å²) in [7, 11) is 0. The van der Waals surface area contributed by atoms with Crippen molar-refractivity contribution in [1.82, 2.24) is 0 Å². The number of carbonyl (C=O) groups excluding carboxylic acids is 2. The van der Waals surface area contributed by atoms with Gasteiger partial charge < -0.3 is 9.47 Å². The predicted molar refractivity (Wildman–Crippen MR) is 107 cm³/mol. The minimum absolute atomic E-state index is 0.00519. The van der Waals surface area contributed by atoms with Crippen molar-refractivity contribution in [3.05, 3.63) is 0 Å². The Bertz CT molecular complexity index is 391. The Labute approximate surface area is 161 Å². The Kier molecular flexibility index (Phi) is 12.6. The summed E-state index contributed by atoms with van der Waals surface area (Å²) in [5, 5.41) is 0. The van der Waals surface area contributed by atoms with Crippen molar-refractivity contribution in [1.29, 1.82) is 0 Å². The van der Waals surface area contributed by atoms with Crippen LogP contribution in [0.25, 0.3) is 0 Å². The van der Waals surface area contributed by atoms with Crippen LogP contribution >= 0.6 is 0 Å². The summed E-state index contributed by atoms with van der Waals surface area (Å²) in [6.45, 7) is 15.4. The van der Waals surface area contributed by atoms with Crippen molar-refractivity contribution >= 4 is 11.9 Å². The van der Waals surface area contributed by atoms with E-state index in [-0.39, 0.29) is 17.9 Å². The molecule has 0 aromatic carbocycles. The molecule has 1 aliphatic carbocycles. The molecule has 2 unspecified atom stereocenters. The maximum Gasteiger partial charge on any atom is 0.308 e. The van der Waals surface area contributed by atoms with Crippen molar-refractivity contribution in [3.63, 3.8) is 0 Å². The van der Waals surface area contributed by atoms with Crippen molar-refractivity contribution in [2.45, 2.75) is 93.4 Å². The lowest BCUT2D eigenvalue weighted by Gasteiger charge is -2.25. The molecule has 154 valence electrons. The first-order valence-corrected chi connectivity index (χ1v) is 10.4. The van der Waals surface area contributed by atoms with E-state index in [0.717, 1.165) is 6.42 Å². The highest BCUT2D eigenvalue weighted by Crippen LogP contribution is 2.30. The Morgan fingerprint density at radius 2 is 1.50 bits per heavy atom. The van der Waals surface area contributed by atoms with Crippen LogP contribution in [0.5, 0.6) is 0 Å². The first-order valence-electron chi connectivity index (χ1n) is 10.4. The summed E-state index contributed by atoms with van der Waals surface area (Å²) in [6, 6.07) is 0. The second kappa shape index (κ2) is 13.2. The van der Waals surface area contributed by atoms with E-state index in [1.807, 2.05) is 20.8 Å². The van der Waals surface area contributed by atoms with Gasteiger partial charge in [-0.3, -0.25) is 9.59 Å². The summed E-state index contributed by atoms with van der Waals surface area (Å²) < 4.78 is 9.91. The zero-order valence-corrected chi connectivity index (χ0v) is 18.2. The third-order valence-electron chi connectivity index (χ3n) is 4.80. The summed E-state index contributed by atoms with van der Waals surface area (Å²) in [6.07, 6.45) is 7.94. The molecule has 0 aliphatic heterocycles. The maximum absolute atomic E-state index is 11.4. The van der Waals surface area contributed by atoms with Crippen LogP contribution in [0.3, 0.4) is 0 Å². The Hall–Kier alpha value is -1.06. The Balaban J connectivity index is 0.000000481. The van der Waals surface area contributed by atoms with Crippen LogP contribution in [0, 0.1) is 23.2 Å². The highest BCUT2D eigenvalue weighted by molar-refractivity contribution is 5.72. The smallest absolute Gasteiger partial charge is 0.308 e. The highest BCUT2D eigenvalue weighted by atomic mass is 16.5. The topological polar surface area (TPSA) is 52.6 Å². The number of ether oxygens (including phenoxy) is 2. The molecule has 0 N–H and O–H groups in total. The molecule has 0 heterocycles. The van der Waals surface area contributed by atoms with Gasteiger partial charge in [-0.2, -0.15) is 0 Å². The molecule has 0 aromatic heterocycles. The molecule has 2 atom stereocenters. The molecule has 0 spiro atoms. The Morgan fingerprint density at radius 1 is 0.962 bits per heavy atom. The number of carbonyl (C=O) groups is 2. The molecular weight excluding hydrogens is 328 g/mol. The van der Waals surface area contributed by atoms with Gasteiger partial charge in [0.15, 0.2) is 0 Å². The molecule has 1 saturated carbocycles. The average molecular weight is 371 g/mol. The molecule has 0 saturated heterocycles. The lowest BCUT2D eigenvalue weighted by molar-refractivity contribution is -0.149. The quantitative estimate of drug-likeness (QED) is 0.533. The average Bonchev–Trinajstić information content (AvgIpc) is 2.54. The van der Waals surface area contributed by atoms with Crippen molar-refractivity contribution < 1.29 is 19.1 Å². The molecule has 0 aromatic rings. The van der Waals surface area contributed by atoms with Gasteiger partial charge in [-0.25, -0.2) is 0 Å². The lowest BCUT2D eigenvalue weighted by atomic mass is 9.81. The molecule has 0 bridgehead atoms. The fourth-order valence-electron chi connectivity index (χ4n) is 3.72. The van der Waals surface area contributed by atoms with Gasteiger partial charge in [0.05, 0.1) is 19.1 Å². The summed E-state index contributed by atoms with van der Waals surface area (Å²) in [5.41, 5.74) is 0.298. The third-order valence-corrected chi connectivity index (χ3v) is 4.80. The van der Waals surface area contributed by atoms with Gasteiger partial charge in [0.2, 0.25) is 0 Å². The van der Waals surface area contributed by atoms with Crippen LogP contribution in [0.2, 0.25) is 0 Å². The van der Waals surface area contributed by atoms with Crippen LogP contribution in [-0.2, 0) is 19.1 Å². The Morgan fingerprint density at radius 3 is 1.96 bits per heavy atom. The van der Waals surface area contributed by atoms with Crippen molar-refractivity contribution in [2.24, 2.45) is 23.2 Å². The summed E-state index contributed by atoms with van der Waals surface area (Å²) >= 11 is 0. The number of rotatable bonds is 7. The van der Waals surface area contributed by atoms with E-state index in [0.29, 0.717) is 36.9 Å². The van der Waals surface area contributed by atoms with Crippen LogP contribution in [0.1, 0.15) is 93.4 Å². The van der Waals surface area contributed by atoms with Gasteiger partial charge in [-0.15, -0.1) is 0 Å². The zero-order chi connectivity index (χ0) is 20.2. The number of esters is 2. The van der Waals surface area contributed by atoms with Gasteiger partial charge in [0.1, 0.15) is 0 Å². The summed E-state index contributed by atoms with van der Waals surface area (Å²) in [4.78, 5) is 22.5. The van der Waals surface area contributed by atoms with Crippen molar-refractivity contribution in [3.8, 4) is 0 Å². The fourth-order valence-corrected chi connectivity index (χ4v) is 3.72. The van der Waals surface area contributed by atoms with Gasteiger partial charge in [0, 0.05) is 6.42 Å². The number of hydrogen-bond donors (Lipinski definition) is 0. The molecule has 0 radical (unpaired) electrons. The largest absolute Gasteiger partial charge is 0.466 e. The van der Waals surface area contributed by atoms with E-state index in [4.69, 9.17) is 9.47 Å². The van der Waals surface area contributed by atoms with Crippen LogP contribution in [0.15, 0.2) is 0 Å². The normalized spacial score (nSPS) is 17.5. The molecule has 26 heavy (non-hydrogen) atoms. The van der Waals surface area contributed by atoms with Gasteiger partial charge >= 0.3 is 11.9 Å². The van der Waals surface area contributed by atoms with Gasteiger partial charge in [0.25, 0.3) is 0 Å². The standard InChI is InChI=1S/C11H20O2.C11H22O2/c1-3-13-11(12)9(2)10-7-5-4-6-8-10;1-6-13-10(12)7-9(2)8-11(3,4)5/h9-10H,3-8H2,1-2H3;9H,6-8H2,1-5H3. The molecule has 1 aliphatic rings. The third kappa shape index (κ3) is 12.3. The van der Waals surface area contributed by atoms with E-state index < -0.39 is 0 Å². The van der Waals surface area contributed by atoms with E-state index in [9.17, 15) is 9.59 Å². The van der Waals surface area contributed by atoms with Crippen LogP contribution in [0.4, 0.5) is 0 Å². The molecule has 4 nitrogen and oxygen atoms in total. The molecule has 1 rings (SSSR count). The second-order valence-corrected chi connectivity index (χ2v) is 8.82.